The molecular formula is C24H24ClN5O4. The molecule has 1 aliphatic heterocycles. The number of nitrogens with zero attached hydrogens (tertiary/aromatic N) is 4. The summed E-state index contributed by atoms with van der Waals surface area (Å²) in [4.78, 5) is 32.9. The summed E-state index contributed by atoms with van der Waals surface area (Å²) >= 11 is 6.02. The number of benzene rings is 2. The fraction of sp³-hybridized carbons (Fsp3) is 0.333. The number of hydrogen-bond acceptors (Lipinski definition) is 7. The van der Waals surface area contributed by atoms with E-state index in [2.05, 4.69) is 15.2 Å². The molecule has 34 heavy (non-hydrogen) atoms. The second-order valence-corrected chi connectivity index (χ2v) is 8.60. The summed E-state index contributed by atoms with van der Waals surface area (Å²) in [6, 6.07) is 11.5. The maximum Gasteiger partial charge on any atom is 0.298 e. The van der Waals surface area contributed by atoms with Crippen LogP contribution in [0, 0.1) is 0 Å². The lowest BCUT2D eigenvalue weighted by atomic mass is 10.1. The molecule has 1 fully saturated rings. The molecule has 0 atom stereocenters. The normalized spacial score (nSPS) is 14.3. The van der Waals surface area contributed by atoms with Crippen LogP contribution in [0.1, 0.15) is 12.0 Å². The number of carbonyl (C=O) groups is 1. The van der Waals surface area contributed by atoms with Crippen LogP contribution in [0.2, 0.25) is 5.02 Å². The predicted octanol–water partition coefficient (Wildman–Crippen LogP) is 3.02. The van der Waals surface area contributed by atoms with Gasteiger partial charge >= 0.3 is 0 Å². The number of aromatic nitrogens is 3. The summed E-state index contributed by atoms with van der Waals surface area (Å²) in [5.41, 5.74) is 2.22. The topological polar surface area (TPSA) is 105 Å². The summed E-state index contributed by atoms with van der Waals surface area (Å²) in [6.07, 6.45) is 2.63. The number of ether oxygens (including phenoxy) is 1. The van der Waals surface area contributed by atoms with Crippen molar-refractivity contribution in [2.75, 3.05) is 44.3 Å². The third kappa shape index (κ3) is 4.76. The van der Waals surface area contributed by atoms with Crippen LogP contribution in [0.4, 0.5) is 6.01 Å². The summed E-state index contributed by atoms with van der Waals surface area (Å²) in [5.74, 6) is 0.0740. The molecule has 0 spiro atoms. The van der Waals surface area contributed by atoms with Gasteiger partial charge < -0.3 is 19.0 Å². The molecule has 2 aromatic carbocycles. The number of nitrogens with one attached hydrogen (secondary N) is 1. The van der Waals surface area contributed by atoms with Crippen molar-refractivity contribution in [3.63, 3.8) is 0 Å². The Kier molecular flexibility index (Phi) is 6.46. The average Bonchev–Trinajstić information content (AvgIpc) is 3.27. The maximum absolute atomic E-state index is 12.6. The van der Waals surface area contributed by atoms with E-state index in [4.69, 9.17) is 20.8 Å². The first kappa shape index (κ1) is 22.4. The number of carbonyl (C=O) groups excluding carboxylic acids is 1. The van der Waals surface area contributed by atoms with Crippen molar-refractivity contribution in [2.24, 2.45) is 0 Å². The Morgan fingerprint density at radius 1 is 1.12 bits per heavy atom. The van der Waals surface area contributed by atoms with Gasteiger partial charge in [-0.3, -0.25) is 9.59 Å². The number of fused-ring (bicyclic) bond motifs is 2. The lowest BCUT2D eigenvalue weighted by Crippen LogP contribution is -2.49. The van der Waals surface area contributed by atoms with Crippen LogP contribution in [0.3, 0.4) is 0 Å². The molecule has 10 heteroatoms. The number of piperazine rings is 1. The first-order valence-electron chi connectivity index (χ1n) is 11.2. The predicted molar refractivity (Wildman–Crippen MR) is 129 cm³/mol. The fourth-order valence-electron chi connectivity index (χ4n) is 4.17. The lowest BCUT2D eigenvalue weighted by Gasteiger charge is -2.33. The van der Waals surface area contributed by atoms with Gasteiger partial charge in [-0.15, -0.1) is 0 Å². The molecule has 0 aliphatic carbocycles. The van der Waals surface area contributed by atoms with Crippen molar-refractivity contribution < 1.29 is 13.9 Å². The Labute approximate surface area is 200 Å². The Hall–Kier alpha value is -3.43. The minimum atomic E-state index is -0.202. The van der Waals surface area contributed by atoms with Gasteiger partial charge in [0.05, 0.1) is 31.2 Å². The Bertz CT molecular complexity index is 1380. The van der Waals surface area contributed by atoms with Gasteiger partial charge in [0.25, 0.3) is 11.6 Å². The molecule has 176 valence electrons. The summed E-state index contributed by atoms with van der Waals surface area (Å²) in [7, 11) is 0. The number of oxazole rings is 1. The van der Waals surface area contributed by atoms with Crippen molar-refractivity contribution >= 4 is 45.4 Å². The highest BCUT2D eigenvalue weighted by Gasteiger charge is 2.24. The van der Waals surface area contributed by atoms with E-state index in [0.717, 1.165) is 16.5 Å². The van der Waals surface area contributed by atoms with Gasteiger partial charge in [0.15, 0.2) is 5.58 Å². The fourth-order valence-corrected chi connectivity index (χ4v) is 4.34. The van der Waals surface area contributed by atoms with E-state index >= 15 is 0 Å². The van der Waals surface area contributed by atoms with E-state index in [1.807, 2.05) is 28.0 Å². The molecule has 1 aliphatic rings. The molecule has 0 unspecified atom stereocenters. The monoisotopic (exact) mass is 481 g/mol. The number of H-pyrrole nitrogens is 1. The number of anilines is 1. The molecule has 0 bridgehead atoms. The van der Waals surface area contributed by atoms with E-state index in [1.165, 1.54) is 0 Å². The molecule has 5 rings (SSSR count). The van der Waals surface area contributed by atoms with Gasteiger partial charge in [0.2, 0.25) is 5.91 Å². The summed E-state index contributed by atoms with van der Waals surface area (Å²) < 4.78 is 11.5. The van der Waals surface area contributed by atoms with Crippen LogP contribution in [0.5, 0.6) is 0 Å². The smallest absolute Gasteiger partial charge is 0.298 e. The minimum Gasteiger partial charge on any atom is -0.423 e. The van der Waals surface area contributed by atoms with Gasteiger partial charge in [-0.2, -0.15) is 10.1 Å². The van der Waals surface area contributed by atoms with E-state index in [9.17, 15) is 9.59 Å². The maximum atomic E-state index is 12.6. The molecule has 0 saturated carbocycles. The third-order valence-corrected chi connectivity index (χ3v) is 6.25. The van der Waals surface area contributed by atoms with Crippen LogP contribution in [-0.2, 0) is 16.0 Å². The Morgan fingerprint density at radius 2 is 1.97 bits per heavy atom. The van der Waals surface area contributed by atoms with E-state index in [0.29, 0.717) is 74.2 Å². The molecule has 1 amide bonds. The van der Waals surface area contributed by atoms with Crippen molar-refractivity contribution in [3.05, 3.63) is 63.5 Å². The zero-order valence-electron chi connectivity index (χ0n) is 18.5. The average molecular weight is 482 g/mol. The van der Waals surface area contributed by atoms with E-state index in [-0.39, 0.29) is 11.5 Å². The number of halogens is 1. The molecule has 3 heterocycles. The molecule has 1 N–H and O–H groups in total. The van der Waals surface area contributed by atoms with Gasteiger partial charge in [0, 0.05) is 36.6 Å². The SMILES string of the molecule is O=C(CCOCCc1cccc2c(=O)[nH]ncc12)N1CCN(c2nc3cc(Cl)ccc3o2)CC1. The highest BCUT2D eigenvalue weighted by atomic mass is 35.5. The second-order valence-electron chi connectivity index (χ2n) is 8.17. The van der Waals surface area contributed by atoms with Gasteiger partial charge in [0.1, 0.15) is 5.52 Å². The highest BCUT2D eigenvalue weighted by Crippen LogP contribution is 2.25. The molecular weight excluding hydrogens is 458 g/mol. The lowest BCUT2D eigenvalue weighted by molar-refractivity contribution is -0.132. The number of rotatable bonds is 7. The van der Waals surface area contributed by atoms with Crippen molar-refractivity contribution in [2.45, 2.75) is 12.8 Å². The molecule has 2 aromatic heterocycles. The third-order valence-electron chi connectivity index (χ3n) is 6.02. The van der Waals surface area contributed by atoms with Gasteiger partial charge in [-0.05, 0) is 36.2 Å². The van der Waals surface area contributed by atoms with Crippen molar-refractivity contribution in [1.82, 2.24) is 20.1 Å². The minimum absolute atomic E-state index is 0.0740. The van der Waals surface area contributed by atoms with Crippen LogP contribution < -0.4 is 10.5 Å². The number of hydrogen-bond donors (Lipinski definition) is 1. The summed E-state index contributed by atoms with van der Waals surface area (Å²) in [5, 5.41) is 8.39. The molecule has 0 radical (unpaired) electrons. The number of aromatic amines is 1. The standard InChI is InChI=1S/C24H24ClN5O4/c25-17-4-5-21-20(14-17)27-24(34-21)30-10-8-29(9-11-30)22(31)7-13-33-12-6-16-2-1-3-18-19(16)15-26-28-23(18)32/h1-5,14-15H,6-13H2,(H,28,32). The van der Waals surface area contributed by atoms with E-state index < -0.39 is 0 Å². The quantitative estimate of drug-likeness (QED) is 0.404. The highest BCUT2D eigenvalue weighted by molar-refractivity contribution is 6.31. The first-order chi connectivity index (χ1) is 16.6. The molecule has 9 nitrogen and oxygen atoms in total. The zero-order chi connectivity index (χ0) is 23.5. The summed E-state index contributed by atoms with van der Waals surface area (Å²) in [6.45, 7) is 3.35. The van der Waals surface area contributed by atoms with Crippen molar-refractivity contribution in [1.29, 1.82) is 0 Å². The van der Waals surface area contributed by atoms with Crippen molar-refractivity contribution in [3.8, 4) is 0 Å². The Balaban J connectivity index is 1.06. The molecule has 1 saturated heterocycles. The first-order valence-corrected chi connectivity index (χ1v) is 11.6. The zero-order valence-corrected chi connectivity index (χ0v) is 19.3. The largest absolute Gasteiger partial charge is 0.423 e. The van der Waals surface area contributed by atoms with Crippen LogP contribution in [0.15, 0.2) is 51.8 Å². The van der Waals surface area contributed by atoms with Crippen LogP contribution in [0.25, 0.3) is 21.9 Å². The molecule has 4 aromatic rings. The van der Waals surface area contributed by atoms with Crippen LogP contribution in [-0.4, -0.2) is 65.4 Å². The Morgan fingerprint density at radius 3 is 2.82 bits per heavy atom. The van der Waals surface area contributed by atoms with Crippen LogP contribution >= 0.6 is 11.6 Å². The number of amides is 1. The van der Waals surface area contributed by atoms with Gasteiger partial charge in [-0.25, -0.2) is 5.10 Å². The van der Waals surface area contributed by atoms with E-state index in [1.54, 1.807) is 24.4 Å². The van der Waals surface area contributed by atoms with Gasteiger partial charge in [-0.1, -0.05) is 23.7 Å². The second kappa shape index (κ2) is 9.82.